The van der Waals surface area contributed by atoms with E-state index in [1.165, 1.54) is 13.2 Å². The number of hydrogen-bond donors (Lipinski definition) is 2. The minimum atomic E-state index is -4.81. The van der Waals surface area contributed by atoms with Crippen LogP contribution in [0.15, 0.2) is 30.3 Å². The molecule has 2 aromatic rings. The number of anilines is 2. The van der Waals surface area contributed by atoms with Crippen LogP contribution in [0.4, 0.5) is 24.8 Å². The third-order valence-corrected chi connectivity index (χ3v) is 10.5. The Bertz CT molecular complexity index is 1560. The molecule has 0 saturated carbocycles. The minimum absolute atomic E-state index is 0.0303. The summed E-state index contributed by atoms with van der Waals surface area (Å²) in [5.41, 5.74) is 6.91. The highest BCUT2D eigenvalue weighted by atomic mass is 32.2. The molecule has 0 aliphatic carbocycles. The maximum Gasteiger partial charge on any atom is 0.451 e. The lowest BCUT2D eigenvalue weighted by Gasteiger charge is -2.34. The van der Waals surface area contributed by atoms with Crippen LogP contribution in [0.25, 0.3) is 0 Å². The molecule has 1 amide bonds. The van der Waals surface area contributed by atoms with E-state index in [0.717, 1.165) is 9.87 Å². The number of ether oxygens (including phenoxy) is 1. The number of hydrogen-bond acceptors (Lipinski definition) is 11. The third kappa shape index (κ3) is 9.77. The van der Waals surface area contributed by atoms with Gasteiger partial charge in [-0.15, -0.1) is 0 Å². The van der Waals surface area contributed by atoms with Crippen LogP contribution in [0.3, 0.4) is 0 Å². The van der Waals surface area contributed by atoms with Gasteiger partial charge in [-0.2, -0.15) is 22.7 Å². The summed E-state index contributed by atoms with van der Waals surface area (Å²) in [6.45, 7) is 1.01. The van der Waals surface area contributed by atoms with E-state index in [1.807, 2.05) is 12.1 Å². The van der Waals surface area contributed by atoms with E-state index < -0.39 is 40.6 Å². The summed E-state index contributed by atoms with van der Waals surface area (Å²) in [4.78, 5) is 36.0. The van der Waals surface area contributed by atoms with E-state index in [0.29, 0.717) is 70.3 Å². The van der Waals surface area contributed by atoms with Crippen LogP contribution >= 0.6 is 0 Å². The first-order chi connectivity index (χ1) is 22.8. The Hall–Kier alpha value is -4.01. The number of halogens is 3. The molecule has 2 fully saturated rings. The van der Waals surface area contributed by atoms with Crippen LogP contribution in [0.5, 0.6) is 0 Å². The molecule has 2 saturated heterocycles. The van der Waals surface area contributed by atoms with Gasteiger partial charge in [0.05, 0.1) is 24.5 Å². The molecule has 262 valence electrons. The van der Waals surface area contributed by atoms with Gasteiger partial charge in [-0.3, -0.25) is 9.59 Å². The molecule has 4 rings (SSSR count). The molecule has 1 atom stereocenters. The lowest BCUT2D eigenvalue weighted by atomic mass is 9.93. The van der Waals surface area contributed by atoms with Crippen molar-refractivity contribution in [2.45, 2.75) is 50.7 Å². The van der Waals surface area contributed by atoms with Gasteiger partial charge in [0.2, 0.25) is 21.8 Å². The van der Waals surface area contributed by atoms with Crippen LogP contribution in [0.2, 0.25) is 0 Å². The summed E-state index contributed by atoms with van der Waals surface area (Å²) in [7, 11) is -2.59. The predicted molar refractivity (Wildman–Crippen MR) is 171 cm³/mol. The Morgan fingerprint density at radius 3 is 2.44 bits per heavy atom. The molecule has 1 aromatic carbocycles. The molecule has 0 unspecified atom stereocenters. The second-order valence-corrected chi connectivity index (χ2v) is 13.9. The maximum absolute atomic E-state index is 14.0. The fraction of sp³-hybridized carbons (Fsp3) is 0.581. The lowest BCUT2D eigenvalue weighted by molar-refractivity contribution is -0.145. The SMILES string of the molecule is COC(=O)CN(CCC1CCN(c2cc(N3CCC[C@H]3C(=O)NCCc3ccc(C#N)cc3)nc(C(F)(F)F)n2)CC1)S(=O)(=O)CCN. The molecular formula is C31H41F3N8O5S. The molecule has 2 aliphatic heterocycles. The van der Waals surface area contributed by atoms with Crippen molar-refractivity contribution >= 4 is 33.5 Å². The number of nitrogens with zero attached hydrogens (tertiary/aromatic N) is 6. The molecular weight excluding hydrogens is 653 g/mol. The normalized spacial score (nSPS) is 17.4. The summed E-state index contributed by atoms with van der Waals surface area (Å²) in [6.07, 6.45) is -1.62. The van der Waals surface area contributed by atoms with Gasteiger partial charge in [-0.1, -0.05) is 12.1 Å². The van der Waals surface area contributed by atoms with Crippen LogP contribution < -0.4 is 20.9 Å². The lowest BCUT2D eigenvalue weighted by Crippen LogP contribution is -2.44. The van der Waals surface area contributed by atoms with Crippen molar-refractivity contribution in [2.75, 3.05) is 68.5 Å². The first kappa shape index (κ1) is 36.8. The highest BCUT2D eigenvalue weighted by Crippen LogP contribution is 2.34. The van der Waals surface area contributed by atoms with E-state index in [1.54, 1.807) is 21.9 Å². The first-order valence-corrected chi connectivity index (χ1v) is 17.4. The Morgan fingerprint density at radius 2 is 1.81 bits per heavy atom. The number of alkyl halides is 3. The standard InChI is InChI=1S/C31H41F3N8O5S/c1-47-28(43)21-41(48(45,46)18-12-35)17-11-23-9-15-40(16-10-23)26-19-27(39-30(38-26)31(32,33)34)42-14-2-3-25(42)29(44)37-13-8-22-4-6-24(20-36)7-5-22/h4-7,19,23,25H,2-3,8-18,21,35H2,1H3,(H,37,44)/t25-/m0/s1. The molecule has 3 heterocycles. The monoisotopic (exact) mass is 694 g/mol. The smallest absolute Gasteiger partial charge is 0.451 e. The third-order valence-electron chi connectivity index (χ3n) is 8.63. The van der Waals surface area contributed by atoms with Crippen molar-refractivity contribution < 1.29 is 35.9 Å². The number of benzene rings is 1. The average molecular weight is 695 g/mol. The zero-order chi connectivity index (χ0) is 34.9. The van der Waals surface area contributed by atoms with Gasteiger partial charge in [-0.25, -0.2) is 18.4 Å². The number of esters is 1. The molecule has 3 N–H and O–H groups in total. The maximum atomic E-state index is 14.0. The number of aromatic nitrogens is 2. The fourth-order valence-electron chi connectivity index (χ4n) is 5.95. The van der Waals surface area contributed by atoms with Crippen molar-refractivity contribution in [3.05, 3.63) is 47.3 Å². The molecule has 0 spiro atoms. The zero-order valence-electron chi connectivity index (χ0n) is 26.8. The molecule has 48 heavy (non-hydrogen) atoms. The topological polar surface area (TPSA) is 175 Å². The Labute approximate surface area is 278 Å². The number of sulfonamides is 1. The van der Waals surface area contributed by atoms with E-state index in [9.17, 15) is 31.2 Å². The fourth-order valence-corrected chi connectivity index (χ4v) is 7.19. The quantitative estimate of drug-likeness (QED) is 0.277. The Kier molecular flexibility index (Phi) is 12.6. The van der Waals surface area contributed by atoms with E-state index in [4.69, 9.17) is 11.0 Å². The second kappa shape index (κ2) is 16.4. The van der Waals surface area contributed by atoms with Gasteiger partial charge >= 0.3 is 12.1 Å². The number of piperidine rings is 1. The Balaban J connectivity index is 1.41. The van der Waals surface area contributed by atoms with Crippen LogP contribution in [-0.4, -0.2) is 99.3 Å². The summed E-state index contributed by atoms with van der Waals surface area (Å²) >= 11 is 0. The summed E-state index contributed by atoms with van der Waals surface area (Å²) in [5, 5.41) is 11.8. The summed E-state index contributed by atoms with van der Waals surface area (Å²) in [6, 6.07) is 9.87. The van der Waals surface area contributed by atoms with E-state index in [2.05, 4.69) is 26.1 Å². The molecule has 0 bridgehead atoms. The number of nitriles is 1. The van der Waals surface area contributed by atoms with Crippen LogP contribution in [-0.2, 0) is 36.9 Å². The van der Waals surface area contributed by atoms with Gasteiger partial charge in [0.1, 0.15) is 24.2 Å². The van der Waals surface area contributed by atoms with Crippen molar-refractivity contribution in [3.63, 3.8) is 0 Å². The highest BCUT2D eigenvalue weighted by molar-refractivity contribution is 7.89. The number of nitrogens with one attached hydrogen (secondary N) is 1. The van der Waals surface area contributed by atoms with Gasteiger partial charge in [0, 0.05) is 45.3 Å². The van der Waals surface area contributed by atoms with E-state index >= 15 is 0 Å². The number of methoxy groups -OCH3 is 1. The molecule has 2 aliphatic rings. The molecule has 17 heteroatoms. The number of carbonyl (C=O) groups is 2. The number of amides is 1. The zero-order valence-corrected chi connectivity index (χ0v) is 27.6. The first-order valence-electron chi connectivity index (χ1n) is 15.8. The minimum Gasteiger partial charge on any atom is -0.468 e. The molecule has 0 radical (unpaired) electrons. The van der Waals surface area contributed by atoms with Gasteiger partial charge in [0.25, 0.3) is 0 Å². The molecule has 13 nitrogen and oxygen atoms in total. The summed E-state index contributed by atoms with van der Waals surface area (Å²) < 4.78 is 72.9. The molecule has 1 aromatic heterocycles. The second-order valence-electron chi connectivity index (χ2n) is 11.8. The Morgan fingerprint density at radius 1 is 1.12 bits per heavy atom. The van der Waals surface area contributed by atoms with Crippen molar-refractivity contribution in [1.82, 2.24) is 19.6 Å². The average Bonchev–Trinajstić information content (AvgIpc) is 3.57. The largest absolute Gasteiger partial charge is 0.468 e. The summed E-state index contributed by atoms with van der Waals surface area (Å²) in [5.74, 6) is -2.38. The number of nitrogens with two attached hydrogens (primary N) is 1. The highest BCUT2D eigenvalue weighted by Gasteiger charge is 2.39. The van der Waals surface area contributed by atoms with Crippen LogP contribution in [0.1, 0.15) is 49.1 Å². The predicted octanol–water partition coefficient (Wildman–Crippen LogP) is 2.06. The van der Waals surface area contributed by atoms with E-state index in [-0.39, 0.29) is 42.3 Å². The number of carbonyl (C=O) groups excluding carboxylic acids is 2. The van der Waals surface area contributed by atoms with Gasteiger partial charge < -0.3 is 25.6 Å². The van der Waals surface area contributed by atoms with Gasteiger partial charge in [0.15, 0.2) is 0 Å². The van der Waals surface area contributed by atoms with Crippen molar-refractivity contribution in [3.8, 4) is 6.07 Å². The van der Waals surface area contributed by atoms with Crippen molar-refractivity contribution in [1.29, 1.82) is 5.26 Å². The number of rotatable bonds is 14. The van der Waals surface area contributed by atoms with Crippen LogP contribution in [0, 0.1) is 17.2 Å². The van der Waals surface area contributed by atoms with Gasteiger partial charge in [-0.05, 0) is 62.1 Å². The van der Waals surface area contributed by atoms with Crippen molar-refractivity contribution in [2.24, 2.45) is 11.7 Å².